The topological polar surface area (TPSA) is 116 Å². The zero-order chi connectivity index (χ0) is 31.0. The monoisotopic (exact) mass is 596 g/mol. The molecule has 0 unspecified atom stereocenters. The molecule has 3 heterocycles. The van der Waals surface area contributed by atoms with Crippen LogP contribution in [-0.4, -0.2) is 36.6 Å². The molecular weight excluding hydrogens is 570 g/mol. The van der Waals surface area contributed by atoms with Crippen molar-refractivity contribution in [2.45, 2.75) is 20.0 Å². The fourth-order valence-corrected chi connectivity index (χ4v) is 4.73. The summed E-state index contributed by atoms with van der Waals surface area (Å²) in [5.41, 5.74) is 1.78. The number of amides is 1. The maximum absolute atomic E-state index is 15.3. The lowest BCUT2D eigenvalue weighted by Gasteiger charge is -2.17. The predicted octanol–water partition coefficient (Wildman–Crippen LogP) is 6.22. The van der Waals surface area contributed by atoms with E-state index in [1.54, 1.807) is 43.2 Å². The van der Waals surface area contributed by atoms with Crippen molar-refractivity contribution in [3.8, 4) is 34.2 Å². The summed E-state index contributed by atoms with van der Waals surface area (Å²) in [6.45, 7) is 3.58. The van der Waals surface area contributed by atoms with Crippen molar-refractivity contribution in [1.29, 1.82) is 0 Å². The molecule has 1 amide bonds. The third-order valence-electron chi connectivity index (χ3n) is 6.80. The first-order valence-electron chi connectivity index (χ1n) is 13.6. The number of carbonyl (C=O) groups excluding carboxylic acids is 1. The second kappa shape index (κ2) is 11.5. The minimum atomic E-state index is -0.765. The van der Waals surface area contributed by atoms with Gasteiger partial charge in [-0.2, -0.15) is 10.2 Å². The van der Waals surface area contributed by atoms with Gasteiger partial charge in [0.05, 0.1) is 29.7 Å². The summed E-state index contributed by atoms with van der Waals surface area (Å²) in [5, 5.41) is 14.4. The van der Waals surface area contributed by atoms with Crippen LogP contribution in [0.1, 0.15) is 24.2 Å². The Balaban J connectivity index is 1.28. The van der Waals surface area contributed by atoms with E-state index >= 15 is 4.39 Å². The normalized spacial score (nSPS) is 11.2. The van der Waals surface area contributed by atoms with Crippen molar-refractivity contribution in [2.24, 2.45) is 7.05 Å². The number of ether oxygens (including phenoxy) is 2. The lowest BCUT2D eigenvalue weighted by atomic mass is 10.1. The van der Waals surface area contributed by atoms with Gasteiger partial charge in [0.25, 0.3) is 11.5 Å². The summed E-state index contributed by atoms with van der Waals surface area (Å²) in [6.07, 6.45) is 4.74. The lowest BCUT2D eigenvalue weighted by molar-refractivity contribution is 0.102. The number of anilines is 1. The Morgan fingerprint density at radius 3 is 2.48 bits per heavy atom. The van der Waals surface area contributed by atoms with Crippen LogP contribution in [0.25, 0.3) is 27.7 Å². The minimum Gasteiger partial charge on any atom is -0.476 e. The molecule has 0 saturated carbocycles. The molecule has 0 aliphatic carbocycles. The number of benzene rings is 3. The average Bonchev–Trinajstić information content (AvgIpc) is 3.65. The van der Waals surface area contributed by atoms with E-state index in [1.807, 2.05) is 13.1 Å². The number of aryl methyl sites for hydroxylation is 1. The maximum atomic E-state index is 15.3. The molecule has 44 heavy (non-hydrogen) atoms. The molecule has 0 spiro atoms. The number of hydrogen-bond donors (Lipinski definition) is 2. The Morgan fingerprint density at radius 2 is 1.77 bits per heavy atom. The smallest absolute Gasteiger partial charge is 0.270 e. The Labute approximate surface area is 249 Å². The van der Waals surface area contributed by atoms with Gasteiger partial charge in [-0.25, -0.2) is 13.3 Å². The second-order valence-electron chi connectivity index (χ2n) is 10.2. The van der Waals surface area contributed by atoms with Gasteiger partial charge < -0.3 is 14.8 Å². The molecule has 6 aromatic rings. The van der Waals surface area contributed by atoms with Crippen LogP contribution in [0.4, 0.5) is 14.5 Å². The van der Waals surface area contributed by atoms with Crippen LogP contribution in [0.2, 0.25) is 0 Å². The van der Waals surface area contributed by atoms with Crippen LogP contribution < -0.4 is 20.3 Å². The van der Waals surface area contributed by atoms with Crippen molar-refractivity contribution in [3.63, 3.8) is 0 Å². The van der Waals surface area contributed by atoms with Crippen molar-refractivity contribution in [2.75, 3.05) is 5.32 Å². The molecule has 2 N–H and O–H groups in total. The summed E-state index contributed by atoms with van der Waals surface area (Å²) in [4.78, 5) is 26.7. The van der Waals surface area contributed by atoms with Gasteiger partial charge in [0.2, 0.25) is 5.88 Å². The zero-order valence-corrected chi connectivity index (χ0v) is 23.8. The van der Waals surface area contributed by atoms with Crippen LogP contribution in [0.15, 0.2) is 90.1 Å². The highest BCUT2D eigenvalue weighted by Gasteiger charge is 2.20. The number of halogens is 2. The fourth-order valence-electron chi connectivity index (χ4n) is 4.73. The molecule has 0 saturated heterocycles. The number of H-pyrrole nitrogens is 1. The SMILES string of the molecule is CC(C)Oc1ccc(C(=O)Nc2ccc(Oc3cc4cnn(C)c4cc3-c3cn[nH]c3)c(F)c2)c(=O)n1-c1ccc(F)cc1. The number of nitrogens with one attached hydrogen (secondary N) is 2. The number of rotatable bonds is 8. The van der Waals surface area contributed by atoms with Gasteiger partial charge in [0, 0.05) is 41.5 Å². The van der Waals surface area contributed by atoms with E-state index in [0.29, 0.717) is 17.0 Å². The van der Waals surface area contributed by atoms with Crippen molar-refractivity contribution in [3.05, 3.63) is 113 Å². The third-order valence-corrected chi connectivity index (χ3v) is 6.80. The van der Waals surface area contributed by atoms with E-state index in [0.717, 1.165) is 22.5 Å². The molecule has 0 aliphatic heterocycles. The molecule has 0 atom stereocenters. The maximum Gasteiger partial charge on any atom is 0.270 e. The first-order valence-corrected chi connectivity index (χ1v) is 13.6. The quantitative estimate of drug-likeness (QED) is 0.215. The number of hydrogen-bond acceptors (Lipinski definition) is 6. The molecule has 6 rings (SSSR count). The van der Waals surface area contributed by atoms with Crippen molar-refractivity contribution < 1.29 is 23.0 Å². The van der Waals surface area contributed by atoms with Gasteiger partial charge in [-0.15, -0.1) is 0 Å². The van der Waals surface area contributed by atoms with Gasteiger partial charge in [0.1, 0.15) is 17.1 Å². The van der Waals surface area contributed by atoms with E-state index in [-0.39, 0.29) is 29.0 Å². The van der Waals surface area contributed by atoms with Crippen LogP contribution >= 0.6 is 0 Å². The lowest BCUT2D eigenvalue weighted by Crippen LogP contribution is -2.29. The number of aromatic amines is 1. The summed E-state index contributed by atoms with van der Waals surface area (Å²) in [5.74, 6) is -1.50. The van der Waals surface area contributed by atoms with Crippen LogP contribution in [0, 0.1) is 11.6 Å². The summed E-state index contributed by atoms with van der Waals surface area (Å²) < 4.78 is 43.6. The predicted molar refractivity (Wildman–Crippen MR) is 160 cm³/mol. The van der Waals surface area contributed by atoms with E-state index in [2.05, 4.69) is 20.6 Å². The van der Waals surface area contributed by atoms with Crippen LogP contribution in [0.3, 0.4) is 0 Å². The molecular formula is C32H26F2N6O4. The molecule has 3 aromatic heterocycles. The summed E-state index contributed by atoms with van der Waals surface area (Å²) in [7, 11) is 1.82. The van der Waals surface area contributed by atoms with Crippen molar-refractivity contribution >= 4 is 22.5 Å². The molecule has 10 nitrogen and oxygen atoms in total. The molecule has 222 valence electrons. The van der Waals surface area contributed by atoms with Gasteiger partial charge in [-0.05, 0) is 74.5 Å². The zero-order valence-electron chi connectivity index (χ0n) is 23.8. The molecule has 3 aromatic carbocycles. The highest BCUT2D eigenvalue weighted by atomic mass is 19.1. The molecule has 12 heteroatoms. The Hall–Kier alpha value is -5.78. The third kappa shape index (κ3) is 5.52. The highest BCUT2D eigenvalue weighted by molar-refractivity contribution is 6.04. The number of aromatic nitrogens is 5. The Bertz CT molecular complexity index is 2050. The van der Waals surface area contributed by atoms with E-state index in [9.17, 15) is 14.0 Å². The summed E-state index contributed by atoms with van der Waals surface area (Å²) in [6, 6.07) is 15.6. The van der Waals surface area contributed by atoms with Gasteiger partial charge in [-0.3, -0.25) is 19.4 Å². The first-order chi connectivity index (χ1) is 21.2. The van der Waals surface area contributed by atoms with Crippen molar-refractivity contribution in [1.82, 2.24) is 24.5 Å². The highest BCUT2D eigenvalue weighted by Crippen LogP contribution is 2.37. The van der Waals surface area contributed by atoms with E-state index in [1.165, 1.54) is 53.1 Å². The molecule has 0 radical (unpaired) electrons. The van der Waals surface area contributed by atoms with Gasteiger partial charge >= 0.3 is 0 Å². The van der Waals surface area contributed by atoms with Crippen LogP contribution in [-0.2, 0) is 7.05 Å². The average molecular weight is 597 g/mol. The standard InChI is InChI=1S/C32H26F2N6O4/c1-18(2)43-30-11-9-24(32(42)40(30)23-7-4-21(33)5-8-23)31(41)38-22-6-10-28(26(34)13-22)44-29-12-19-17-37-39(3)27(19)14-25(29)20-15-35-36-16-20/h4-18H,1-3H3,(H,35,36)(H,38,41). The van der Waals surface area contributed by atoms with E-state index < -0.39 is 23.1 Å². The van der Waals surface area contributed by atoms with Gasteiger partial charge in [0.15, 0.2) is 11.6 Å². The first kappa shape index (κ1) is 28.3. The fraction of sp³-hybridized carbons (Fsp3) is 0.125. The Kier molecular flexibility index (Phi) is 7.39. The minimum absolute atomic E-state index is 0.0789. The molecule has 0 aliphatic rings. The number of carbonyl (C=O) groups is 1. The van der Waals surface area contributed by atoms with Gasteiger partial charge in [-0.1, -0.05) is 0 Å². The number of nitrogens with zero attached hydrogens (tertiary/aromatic N) is 4. The number of fused-ring (bicyclic) bond motifs is 1. The molecule has 0 bridgehead atoms. The Morgan fingerprint density at radius 1 is 0.977 bits per heavy atom. The van der Waals surface area contributed by atoms with E-state index in [4.69, 9.17) is 9.47 Å². The summed E-state index contributed by atoms with van der Waals surface area (Å²) >= 11 is 0. The van der Waals surface area contributed by atoms with Crippen LogP contribution in [0.5, 0.6) is 17.4 Å². The largest absolute Gasteiger partial charge is 0.476 e. The number of pyridine rings is 1. The molecule has 0 fully saturated rings. The second-order valence-corrected chi connectivity index (χ2v) is 10.2.